The third-order valence-electron chi connectivity index (χ3n) is 4.40. The molecule has 0 amide bonds. The molecule has 3 rings (SSSR count). The van der Waals surface area contributed by atoms with Gasteiger partial charge < -0.3 is 5.32 Å². The molecule has 1 aliphatic rings. The minimum absolute atomic E-state index is 0.0509. The number of hydrogen-bond donors (Lipinski definition) is 1. The Balaban J connectivity index is 1.35. The summed E-state index contributed by atoms with van der Waals surface area (Å²) in [5.41, 5.74) is 2.29. The van der Waals surface area contributed by atoms with Crippen molar-refractivity contribution >= 4 is 0 Å². The van der Waals surface area contributed by atoms with Gasteiger partial charge in [-0.2, -0.15) is 0 Å². The third-order valence-corrected chi connectivity index (χ3v) is 4.40. The van der Waals surface area contributed by atoms with E-state index in [0.717, 1.165) is 37.8 Å². The van der Waals surface area contributed by atoms with E-state index < -0.39 is 0 Å². The Morgan fingerprint density at radius 3 is 2.43 bits per heavy atom. The van der Waals surface area contributed by atoms with Gasteiger partial charge in [-0.05, 0) is 55.3 Å². The molecule has 0 bridgehead atoms. The molecule has 0 atom stereocenters. The molecule has 0 spiro atoms. The van der Waals surface area contributed by atoms with Crippen molar-refractivity contribution in [3.8, 4) is 0 Å². The Labute approximate surface area is 126 Å². The maximum absolute atomic E-state index is 13.7. The highest BCUT2D eigenvalue weighted by atomic mass is 19.1. The molecule has 110 valence electrons. The summed E-state index contributed by atoms with van der Waals surface area (Å²) in [5.74, 6) is 0.350. The Morgan fingerprint density at radius 1 is 0.952 bits per heavy atom. The van der Waals surface area contributed by atoms with Gasteiger partial charge in [0.1, 0.15) is 5.82 Å². The summed E-state index contributed by atoms with van der Waals surface area (Å²) in [6.07, 6.45) is 4.40. The van der Waals surface area contributed by atoms with E-state index in [1.54, 1.807) is 12.1 Å². The third kappa shape index (κ3) is 3.70. The Hall–Kier alpha value is -1.67. The number of halogens is 1. The fourth-order valence-electron chi connectivity index (χ4n) is 3.09. The van der Waals surface area contributed by atoms with Crippen LogP contribution in [0, 0.1) is 5.82 Å². The second-order valence-electron chi connectivity index (χ2n) is 5.93. The normalized spacial score (nSPS) is 21.0. The van der Waals surface area contributed by atoms with Crippen molar-refractivity contribution in [2.24, 2.45) is 0 Å². The predicted molar refractivity (Wildman–Crippen MR) is 84.9 cm³/mol. The maximum atomic E-state index is 13.7. The summed E-state index contributed by atoms with van der Waals surface area (Å²) in [6, 6.07) is 18.3. The highest BCUT2D eigenvalue weighted by Crippen LogP contribution is 2.37. The standard InChI is InChI=1S/C19H22FN/c20-19-11-5-4-10-18(19)16-13-17(14-16)21-12-6-9-15-7-2-1-3-8-15/h1-5,7-8,10-11,16-17,21H,6,9,12-14H2. The molecular formula is C19H22FN. The van der Waals surface area contributed by atoms with Crippen LogP contribution in [0.1, 0.15) is 36.3 Å². The molecule has 1 aliphatic carbocycles. The highest BCUT2D eigenvalue weighted by molar-refractivity contribution is 5.24. The first-order valence-corrected chi connectivity index (χ1v) is 7.84. The lowest BCUT2D eigenvalue weighted by molar-refractivity contribution is 0.285. The average Bonchev–Trinajstić information content (AvgIpc) is 2.47. The minimum atomic E-state index is -0.0509. The van der Waals surface area contributed by atoms with Gasteiger partial charge in [-0.1, -0.05) is 48.5 Å². The van der Waals surface area contributed by atoms with Gasteiger partial charge in [0.15, 0.2) is 0 Å². The highest BCUT2D eigenvalue weighted by Gasteiger charge is 2.31. The van der Waals surface area contributed by atoms with Crippen molar-refractivity contribution in [3.63, 3.8) is 0 Å². The zero-order valence-electron chi connectivity index (χ0n) is 12.3. The average molecular weight is 283 g/mol. The molecule has 21 heavy (non-hydrogen) atoms. The number of aryl methyl sites for hydroxylation is 1. The molecule has 1 nitrogen and oxygen atoms in total. The van der Waals surface area contributed by atoms with Crippen molar-refractivity contribution < 1.29 is 4.39 Å². The van der Waals surface area contributed by atoms with E-state index >= 15 is 0 Å². The SMILES string of the molecule is Fc1ccccc1C1CC(NCCCc2ccccc2)C1. The van der Waals surface area contributed by atoms with Crippen LogP contribution >= 0.6 is 0 Å². The van der Waals surface area contributed by atoms with Crippen LogP contribution in [0.25, 0.3) is 0 Å². The van der Waals surface area contributed by atoms with E-state index in [4.69, 9.17) is 0 Å². The lowest BCUT2D eigenvalue weighted by Gasteiger charge is -2.36. The van der Waals surface area contributed by atoms with Crippen LogP contribution in [-0.2, 0) is 6.42 Å². The quantitative estimate of drug-likeness (QED) is 0.780. The van der Waals surface area contributed by atoms with Gasteiger partial charge in [0, 0.05) is 6.04 Å². The van der Waals surface area contributed by atoms with E-state index in [1.807, 2.05) is 12.1 Å². The van der Waals surface area contributed by atoms with Crippen LogP contribution < -0.4 is 5.32 Å². The molecule has 0 heterocycles. The summed E-state index contributed by atoms with van der Waals surface area (Å²) in [4.78, 5) is 0. The van der Waals surface area contributed by atoms with Gasteiger partial charge in [0.25, 0.3) is 0 Å². The fraction of sp³-hybridized carbons (Fsp3) is 0.368. The molecule has 2 aromatic rings. The molecule has 2 aromatic carbocycles. The Bertz CT molecular complexity index is 561. The summed E-state index contributed by atoms with van der Waals surface area (Å²) in [7, 11) is 0. The number of nitrogens with one attached hydrogen (secondary N) is 1. The van der Waals surface area contributed by atoms with Crippen LogP contribution in [0.15, 0.2) is 54.6 Å². The van der Waals surface area contributed by atoms with Gasteiger partial charge >= 0.3 is 0 Å². The van der Waals surface area contributed by atoms with E-state index in [9.17, 15) is 4.39 Å². The lowest BCUT2D eigenvalue weighted by Crippen LogP contribution is -2.40. The molecule has 0 radical (unpaired) electrons. The van der Waals surface area contributed by atoms with E-state index in [-0.39, 0.29) is 5.82 Å². The van der Waals surface area contributed by atoms with Gasteiger partial charge in [-0.15, -0.1) is 0 Å². The topological polar surface area (TPSA) is 12.0 Å². The summed E-state index contributed by atoms with van der Waals surface area (Å²) in [5, 5.41) is 3.59. The number of rotatable bonds is 6. The van der Waals surface area contributed by atoms with E-state index in [0.29, 0.717) is 12.0 Å². The second kappa shape index (κ2) is 6.86. The molecule has 1 saturated carbocycles. The van der Waals surface area contributed by atoms with Crippen LogP contribution in [0.2, 0.25) is 0 Å². The molecule has 1 N–H and O–H groups in total. The van der Waals surface area contributed by atoms with Gasteiger partial charge in [0.2, 0.25) is 0 Å². The van der Waals surface area contributed by atoms with Crippen molar-refractivity contribution in [1.29, 1.82) is 0 Å². The van der Waals surface area contributed by atoms with Crippen LogP contribution in [-0.4, -0.2) is 12.6 Å². The molecule has 0 saturated heterocycles. The monoisotopic (exact) mass is 283 g/mol. The Kier molecular flexibility index (Phi) is 4.66. The molecular weight excluding hydrogens is 261 g/mol. The van der Waals surface area contributed by atoms with Gasteiger partial charge in [-0.25, -0.2) is 4.39 Å². The molecule has 0 aromatic heterocycles. The van der Waals surface area contributed by atoms with Crippen LogP contribution in [0.3, 0.4) is 0 Å². The van der Waals surface area contributed by atoms with Crippen molar-refractivity contribution in [3.05, 3.63) is 71.5 Å². The molecule has 2 heteroatoms. The Morgan fingerprint density at radius 2 is 1.67 bits per heavy atom. The van der Waals surface area contributed by atoms with Crippen molar-refractivity contribution in [2.45, 2.75) is 37.6 Å². The zero-order chi connectivity index (χ0) is 14.5. The van der Waals surface area contributed by atoms with Crippen LogP contribution in [0.4, 0.5) is 4.39 Å². The van der Waals surface area contributed by atoms with Gasteiger partial charge in [-0.3, -0.25) is 0 Å². The fourth-order valence-corrected chi connectivity index (χ4v) is 3.09. The minimum Gasteiger partial charge on any atom is -0.314 e. The number of hydrogen-bond acceptors (Lipinski definition) is 1. The number of benzene rings is 2. The first-order valence-electron chi connectivity index (χ1n) is 7.84. The first kappa shape index (κ1) is 14.3. The molecule has 0 aliphatic heterocycles. The van der Waals surface area contributed by atoms with E-state index in [1.165, 1.54) is 5.56 Å². The van der Waals surface area contributed by atoms with E-state index in [2.05, 4.69) is 35.6 Å². The van der Waals surface area contributed by atoms with Crippen LogP contribution in [0.5, 0.6) is 0 Å². The largest absolute Gasteiger partial charge is 0.314 e. The summed E-state index contributed by atoms with van der Waals surface area (Å²) in [6.45, 7) is 1.05. The van der Waals surface area contributed by atoms with Crippen molar-refractivity contribution in [2.75, 3.05) is 6.54 Å². The zero-order valence-corrected chi connectivity index (χ0v) is 12.3. The summed E-state index contributed by atoms with van der Waals surface area (Å²) >= 11 is 0. The smallest absolute Gasteiger partial charge is 0.126 e. The molecule has 0 unspecified atom stereocenters. The predicted octanol–water partition coefficient (Wildman–Crippen LogP) is 4.29. The maximum Gasteiger partial charge on any atom is 0.126 e. The lowest BCUT2D eigenvalue weighted by atomic mass is 9.75. The summed E-state index contributed by atoms with van der Waals surface area (Å²) < 4.78 is 13.7. The molecule has 1 fully saturated rings. The van der Waals surface area contributed by atoms with Crippen molar-refractivity contribution in [1.82, 2.24) is 5.32 Å². The first-order chi connectivity index (χ1) is 10.3. The second-order valence-corrected chi connectivity index (χ2v) is 5.93. The van der Waals surface area contributed by atoms with Gasteiger partial charge in [0.05, 0.1) is 0 Å².